The van der Waals surface area contributed by atoms with Gasteiger partial charge in [-0.3, -0.25) is 9.59 Å². The van der Waals surface area contributed by atoms with Crippen LogP contribution in [0.5, 0.6) is 0 Å². The van der Waals surface area contributed by atoms with Gasteiger partial charge >= 0.3 is 0 Å². The molecule has 1 rings (SSSR count). The van der Waals surface area contributed by atoms with Gasteiger partial charge in [0.25, 0.3) is 0 Å². The number of hydrogen-bond donors (Lipinski definition) is 1. The summed E-state index contributed by atoms with van der Waals surface area (Å²) in [5, 5.41) is 7.22. The first kappa shape index (κ1) is 25.0. The van der Waals surface area contributed by atoms with Crippen molar-refractivity contribution < 1.29 is 18.0 Å². The summed E-state index contributed by atoms with van der Waals surface area (Å²) >= 11 is 0.977. The lowest BCUT2D eigenvalue weighted by atomic mass is 9.93. The molecule has 0 saturated heterocycles. The Morgan fingerprint density at radius 1 is 1.07 bits per heavy atom. The minimum Gasteiger partial charge on any atom is -0.368 e. The Kier molecular flexibility index (Phi) is 11.1. The molecule has 1 atom stereocenters. The second-order valence-corrected chi connectivity index (χ2v) is 10.8. The first-order chi connectivity index (χ1) is 13.2. The molecule has 0 aliphatic heterocycles. The highest BCUT2D eigenvalue weighted by atomic mass is 35.7. The van der Waals surface area contributed by atoms with Crippen LogP contribution in [0.1, 0.15) is 93.8 Å². The van der Waals surface area contributed by atoms with Crippen molar-refractivity contribution in [2.45, 2.75) is 88.7 Å². The van der Waals surface area contributed by atoms with Gasteiger partial charge in [-0.2, -0.15) is 0 Å². The Morgan fingerprint density at radius 3 is 2.04 bits per heavy atom. The minimum absolute atomic E-state index is 0.0361. The molecule has 2 N–H and O–H groups in total. The molecule has 0 spiro atoms. The number of Topliss-reactive ketones (excluding diaryl/α,β-unsaturated/α-hetero) is 1. The number of carbonyl (C=O) groups excluding carboxylic acids is 2. The molecule has 28 heavy (non-hydrogen) atoms. The first-order valence-electron chi connectivity index (χ1n) is 9.78. The fraction of sp³-hybridized carbons (Fsp3) is 0.778. The van der Waals surface area contributed by atoms with Gasteiger partial charge < -0.3 is 5.73 Å². The molecule has 0 aromatic carbocycles. The number of nitrogens with two attached hydrogens (primary N) is 1. The quantitative estimate of drug-likeness (QED) is 0.228. The van der Waals surface area contributed by atoms with Crippen LogP contribution in [-0.4, -0.2) is 35.1 Å². The average Bonchev–Trinajstić information content (AvgIpc) is 3.15. The Morgan fingerprint density at radius 2 is 1.61 bits per heavy atom. The third kappa shape index (κ3) is 7.75. The third-order valence-electron chi connectivity index (χ3n) is 4.89. The van der Waals surface area contributed by atoms with Crippen LogP contribution in [0.25, 0.3) is 0 Å². The zero-order valence-corrected chi connectivity index (χ0v) is 18.8. The molecule has 0 aliphatic carbocycles. The number of amides is 1. The Hall–Kier alpha value is -1.06. The molecule has 1 amide bonds. The van der Waals surface area contributed by atoms with Crippen molar-refractivity contribution in [3.05, 3.63) is 10.5 Å². The van der Waals surface area contributed by atoms with Crippen LogP contribution in [0.15, 0.2) is 5.51 Å². The number of primary amides is 1. The molecule has 0 radical (unpaired) electrons. The lowest BCUT2D eigenvalue weighted by molar-refractivity contribution is -0.120. The summed E-state index contributed by atoms with van der Waals surface area (Å²) in [6, 6.07) is 0. The second kappa shape index (κ2) is 12.5. The number of aromatic nitrogens is 2. The second-order valence-electron chi connectivity index (χ2n) is 7.07. The summed E-state index contributed by atoms with van der Waals surface area (Å²) < 4.78 is 22.2. The number of nitrogens with zero attached hydrogens (tertiary/aromatic N) is 2. The Balaban J connectivity index is 2.55. The third-order valence-corrected chi connectivity index (χ3v) is 8.00. The number of rotatable bonds is 16. The zero-order valence-electron chi connectivity index (χ0n) is 16.4. The van der Waals surface area contributed by atoms with Crippen LogP contribution in [0.4, 0.5) is 0 Å². The molecule has 0 bridgehead atoms. The number of hydrogen-bond acceptors (Lipinski definition) is 7. The number of halogens is 1. The fourth-order valence-electron chi connectivity index (χ4n) is 3.15. The molecule has 10 heteroatoms. The SMILES string of the molecule is CCCCCCCCCCCCC(CC(=O)c1nncs1)(C(N)=O)S(=O)(=O)Cl. The smallest absolute Gasteiger partial charge is 0.247 e. The van der Waals surface area contributed by atoms with E-state index in [1.807, 2.05) is 0 Å². The van der Waals surface area contributed by atoms with Gasteiger partial charge in [-0.25, -0.2) is 8.42 Å². The van der Waals surface area contributed by atoms with Crippen LogP contribution in [0, 0.1) is 0 Å². The van der Waals surface area contributed by atoms with Crippen LogP contribution >= 0.6 is 22.0 Å². The first-order valence-corrected chi connectivity index (χ1v) is 13.0. The molecule has 7 nitrogen and oxygen atoms in total. The van der Waals surface area contributed by atoms with Gasteiger partial charge in [-0.1, -0.05) is 82.5 Å². The molecule has 1 unspecified atom stereocenters. The summed E-state index contributed by atoms with van der Waals surface area (Å²) in [5.41, 5.74) is 6.75. The summed E-state index contributed by atoms with van der Waals surface area (Å²) in [4.78, 5) is 24.4. The number of carbonyl (C=O) groups is 2. The van der Waals surface area contributed by atoms with E-state index in [-0.39, 0.29) is 11.4 Å². The van der Waals surface area contributed by atoms with Crippen molar-refractivity contribution in [3.8, 4) is 0 Å². The van der Waals surface area contributed by atoms with Gasteiger partial charge in [-0.15, -0.1) is 10.2 Å². The van der Waals surface area contributed by atoms with Gasteiger partial charge in [0.15, 0.2) is 15.5 Å². The van der Waals surface area contributed by atoms with Gasteiger partial charge in [0, 0.05) is 17.1 Å². The van der Waals surface area contributed by atoms with Crippen LogP contribution in [0.3, 0.4) is 0 Å². The van der Waals surface area contributed by atoms with Gasteiger partial charge in [-0.05, 0) is 6.42 Å². The summed E-state index contributed by atoms with van der Waals surface area (Å²) in [5.74, 6) is -1.70. The fourth-order valence-corrected chi connectivity index (χ4v) is 5.20. The van der Waals surface area contributed by atoms with E-state index in [4.69, 9.17) is 16.4 Å². The van der Waals surface area contributed by atoms with E-state index in [1.165, 1.54) is 37.6 Å². The zero-order chi connectivity index (χ0) is 21.0. The topological polar surface area (TPSA) is 120 Å². The molecule has 1 aromatic heterocycles. The van der Waals surface area contributed by atoms with Crippen LogP contribution in [0.2, 0.25) is 0 Å². The van der Waals surface area contributed by atoms with Crippen LogP contribution < -0.4 is 5.73 Å². The molecule has 0 aliphatic rings. The highest BCUT2D eigenvalue weighted by molar-refractivity contribution is 8.15. The molecule has 160 valence electrons. The van der Waals surface area contributed by atoms with E-state index in [1.54, 1.807) is 0 Å². The van der Waals surface area contributed by atoms with E-state index in [0.717, 1.165) is 37.0 Å². The maximum absolute atomic E-state index is 12.3. The highest BCUT2D eigenvalue weighted by Gasteiger charge is 2.50. The normalized spacial score (nSPS) is 13.9. The minimum atomic E-state index is -4.39. The summed E-state index contributed by atoms with van der Waals surface area (Å²) in [6.45, 7) is 2.19. The van der Waals surface area contributed by atoms with Crippen molar-refractivity contribution in [3.63, 3.8) is 0 Å². The molecule has 0 saturated carbocycles. The van der Waals surface area contributed by atoms with Crippen molar-refractivity contribution in [2.75, 3.05) is 0 Å². The van der Waals surface area contributed by atoms with Gasteiger partial charge in [0.2, 0.25) is 15.0 Å². The van der Waals surface area contributed by atoms with E-state index in [9.17, 15) is 18.0 Å². The van der Waals surface area contributed by atoms with E-state index >= 15 is 0 Å². The van der Waals surface area contributed by atoms with Crippen molar-refractivity contribution in [1.82, 2.24) is 10.2 Å². The summed E-state index contributed by atoms with van der Waals surface area (Å²) in [7, 11) is 1.18. The molecule has 1 aromatic rings. The highest BCUT2D eigenvalue weighted by Crippen LogP contribution is 2.33. The van der Waals surface area contributed by atoms with Crippen molar-refractivity contribution in [2.24, 2.45) is 5.73 Å². The lowest BCUT2D eigenvalue weighted by Crippen LogP contribution is -2.50. The van der Waals surface area contributed by atoms with Gasteiger partial charge in [0.1, 0.15) is 5.51 Å². The summed E-state index contributed by atoms with van der Waals surface area (Å²) in [6.07, 6.45) is 9.90. The number of ketones is 1. The average molecular weight is 452 g/mol. The monoisotopic (exact) mass is 451 g/mol. The largest absolute Gasteiger partial charge is 0.368 e. The van der Waals surface area contributed by atoms with Gasteiger partial charge in [0.05, 0.1) is 0 Å². The Labute approximate surface area is 175 Å². The predicted molar refractivity (Wildman–Crippen MR) is 112 cm³/mol. The molecule has 1 heterocycles. The standard InChI is InChI=1S/C18H30ClN3O4S2/c1-2-3-4-5-6-7-8-9-10-11-12-18(17(20)24,28(19,25)26)13-15(23)16-22-21-14-27-16/h14H,2-13H2,1H3,(H2,20,24). The lowest BCUT2D eigenvalue weighted by Gasteiger charge is -2.26. The molecular weight excluding hydrogens is 422 g/mol. The number of unbranched alkanes of at least 4 members (excludes halogenated alkanes) is 9. The maximum Gasteiger partial charge on any atom is 0.247 e. The van der Waals surface area contributed by atoms with E-state index in [0.29, 0.717) is 6.42 Å². The molecular formula is C18H30ClN3O4S2. The van der Waals surface area contributed by atoms with Crippen LogP contribution in [-0.2, 0) is 13.8 Å². The van der Waals surface area contributed by atoms with Crippen molar-refractivity contribution >= 4 is 42.8 Å². The van der Waals surface area contributed by atoms with E-state index in [2.05, 4.69) is 17.1 Å². The Bertz CT molecular complexity index is 710. The van der Waals surface area contributed by atoms with E-state index < -0.39 is 31.9 Å². The molecule has 0 fully saturated rings. The van der Waals surface area contributed by atoms with Crippen molar-refractivity contribution in [1.29, 1.82) is 0 Å². The predicted octanol–water partition coefficient (Wildman–Crippen LogP) is 4.21. The maximum atomic E-state index is 12.3.